The molecule has 4 nitrogen and oxygen atoms in total. The number of aromatic nitrogens is 2. The number of aryl methyl sites for hydroxylation is 1. The highest BCUT2D eigenvalue weighted by atomic mass is 16.5. The number of ether oxygens (including phenoxy) is 1. The molecule has 1 heterocycles. The molecule has 0 amide bonds. The Balaban J connectivity index is 2.61. The number of nitrogens with two attached hydrogens (primary N) is 1. The molecule has 1 aromatic carbocycles. The molecule has 2 rings (SSSR count). The Morgan fingerprint density at radius 2 is 2.27 bits per heavy atom. The Bertz CT molecular complexity index is 476. The Morgan fingerprint density at radius 3 is 2.93 bits per heavy atom. The van der Waals surface area contributed by atoms with E-state index in [4.69, 9.17) is 10.5 Å². The van der Waals surface area contributed by atoms with Crippen LogP contribution >= 0.6 is 0 Å². The zero-order valence-electron chi connectivity index (χ0n) is 9.03. The fraction of sp³-hybridized carbons (Fsp3) is 0.364. The minimum atomic E-state index is 0.570. The van der Waals surface area contributed by atoms with E-state index in [1.165, 1.54) is 0 Å². The summed E-state index contributed by atoms with van der Waals surface area (Å²) in [4.78, 5) is 4.29. The van der Waals surface area contributed by atoms with E-state index in [2.05, 4.69) is 11.9 Å². The predicted octanol–water partition coefficient (Wildman–Crippen LogP) is 2.04. The number of fused-ring (bicyclic) bond motifs is 1. The molecule has 0 saturated carbocycles. The van der Waals surface area contributed by atoms with Crippen LogP contribution in [0.25, 0.3) is 11.0 Å². The minimum absolute atomic E-state index is 0.570. The van der Waals surface area contributed by atoms with Gasteiger partial charge in [0.15, 0.2) is 0 Å². The zero-order valence-corrected chi connectivity index (χ0v) is 9.03. The first kappa shape index (κ1) is 9.83. The van der Waals surface area contributed by atoms with Gasteiger partial charge in [0.1, 0.15) is 5.75 Å². The van der Waals surface area contributed by atoms with Gasteiger partial charge in [0.2, 0.25) is 5.95 Å². The first-order valence-electron chi connectivity index (χ1n) is 5.06. The topological polar surface area (TPSA) is 53.1 Å². The lowest BCUT2D eigenvalue weighted by molar-refractivity contribution is 0.415. The van der Waals surface area contributed by atoms with Gasteiger partial charge in [0, 0.05) is 12.6 Å². The molecule has 0 saturated heterocycles. The summed E-state index contributed by atoms with van der Waals surface area (Å²) in [6.45, 7) is 3.00. The van der Waals surface area contributed by atoms with Crippen LogP contribution in [-0.4, -0.2) is 16.7 Å². The summed E-state index contributed by atoms with van der Waals surface area (Å²) in [5.41, 5.74) is 7.80. The van der Waals surface area contributed by atoms with E-state index in [1.807, 2.05) is 22.8 Å². The molecule has 0 unspecified atom stereocenters. The van der Waals surface area contributed by atoms with Crippen molar-refractivity contribution in [1.82, 2.24) is 9.55 Å². The second kappa shape index (κ2) is 3.81. The first-order valence-corrected chi connectivity index (χ1v) is 5.06. The molecule has 0 aliphatic heterocycles. The third-order valence-electron chi connectivity index (χ3n) is 2.43. The number of nitrogen functional groups attached to an aromatic ring is 1. The lowest BCUT2D eigenvalue weighted by Gasteiger charge is -2.04. The van der Waals surface area contributed by atoms with Gasteiger partial charge in [-0.15, -0.1) is 0 Å². The highest BCUT2D eigenvalue weighted by molar-refractivity contribution is 5.79. The molecule has 15 heavy (non-hydrogen) atoms. The van der Waals surface area contributed by atoms with Crippen molar-refractivity contribution in [3.8, 4) is 5.75 Å². The largest absolute Gasteiger partial charge is 0.497 e. The van der Waals surface area contributed by atoms with E-state index in [0.717, 1.165) is 29.7 Å². The van der Waals surface area contributed by atoms with Gasteiger partial charge in [-0.3, -0.25) is 0 Å². The SMILES string of the molecule is CCCn1c(N)nc2ccc(OC)cc21. The smallest absolute Gasteiger partial charge is 0.201 e. The molecule has 0 fully saturated rings. The van der Waals surface area contributed by atoms with E-state index in [-0.39, 0.29) is 0 Å². The standard InChI is InChI=1S/C11H15N3O/c1-3-6-14-10-7-8(15-2)4-5-9(10)13-11(14)12/h4-5,7H,3,6H2,1-2H3,(H2,12,13). The fourth-order valence-electron chi connectivity index (χ4n) is 1.71. The van der Waals surface area contributed by atoms with Crippen LogP contribution < -0.4 is 10.5 Å². The summed E-state index contributed by atoms with van der Waals surface area (Å²) >= 11 is 0. The van der Waals surface area contributed by atoms with Crippen LogP contribution in [0.4, 0.5) is 5.95 Å². The lowest BCUT2D eigenvalue weighted by Crippen LogP contribution is -2.02. The third kappa shape index (κ3) is 1.63. The molecule has 1 aromatic heterocycles. The molecule has 2 N–H and O–H groups in total. The molecule has 80 valence electrons. The highest BCUT2D eigenvalue weighted by Gasteiger charge is 2.07. The maximum absolute atomic E-state index is 5.84. The molecule has 4 heteroatoms. The maximum Gasteiger partial charge on any atom is 0.201 e. The molecular weight excluding hydrogens is 190 g/mol. The van der Waals surface area contributed by atoms with Crippen molar-refractivity contribution in [1.29, 1.82) is 0 Å². The molecule has 0 radical (unpaired) electrons. The van der Waals surface area contributed by atoms with Gasteiger partial charge in [-0.2, -0.15) is 0 Å². The number of benzene rings is 1. The molecule has 0 aliphatic carbocycles. The van der Waals surface area contributed by atoms with Crippen LogP contribution in [0, 0.1) is 0 Å². The van der Waals surface area contributed by atoms with Gasteiger partial charge in [-0.1, -0.05) is 6.92 Å². The highest BCUT2D eigenvalue weighted by Crippen LogP contribution is 2.23. The van der Waals surface area contributed by atoms with Gasteiger partial charge in [-0.05, 0) is 18.6 Å². The van der Waals surface area contributed by atoms with Crippen LogP contribution in [0.3, 0.4) is 0 Å². The normalized spacial score (nSPS) is 10.8. The van der Waals surface area contributed by atoms with Gasteiger partial charge in [-0.25, -0.2) is 4.98 Å². The van der Waals surface area contributed by atoms with E-state index in [1.54, 1.807) is 7.11 Å². The summed E-state index contributed by atoms with van der Waals surface area (Å²) in [6, 6.07) is 5.79. The lowest BCUT2D eigenvalue weighted by atomic mass is 10.3. The van der Waals surface area contributed by atoms with Crippen molar-refractivity contribution in [2.45, 2.75) is 19.9 Å². The van der Waals surface area contributed by atoms with E-state index in [0.29, 0.717) is 5.95 Å². The summed E-state index contributed by atoms with van der Waals surface area (Å²) in [6.07, 6.45) is 1.03. The van der Waals surface area contributed by atoms with Gasteiger partial charge >= 0.3 is 0 Å². The number of nitrogens with zero attached hydrogens (tertiary/aromatic N) is 2. The summed E-state index contributed by atoms with van der Waals surface area (Å²) in [5.74, 6) is 1.40. The predicted molar refractivity (Wildman–Crippen MR) is 61.0 cm³/mol. The van der Waals surface area contributed by atoms with Crippen LogP contribution in [-0.2, 0) is 6.54 Å². The van der Waals surface area contributed by atoms with Crippen molar-refractivity contribution in [3.05, 3.63) is 18.2 Å². The monoisotopic (exact) mass is 205 g/mol. The summed E-state index contributed by atoms with van der Waals surface area (Å²) in [5, 5.41) is 0. The van der Waals surface area contributed by atoms with Crippen molar-refractivity contribution >= 4 is 17.0 Å². The van der Waals surface area contributed by atoms with Crippen LogP contribution in [0.5, 0.6) is 5.75 Å². The maximum atomic E-state index is 5.84. The first-order chi connectivity index (χ1) is 7.26. The van der Waals surface area contributed by atoms with E-state index in [9.17, 15) is 0 Å². The quantitative estimate of drug-likeness (QED) is 0.834. The number of methoxy groups -OCH3 is 1. The van der Waals surface area contributed by atoms with Crippen molar-refractivity contribution < 1.29 is 4.74 Å². The number of hydrogen-bond donors (Lipinski definition) is 1. The van der Waals surface area contributed by atoms with E-state index >= 15 is 0 Å². The molecule has 2 aromatic rings. The summed E-state index contributed by atoms with van der Waals surface area (Å²) < 4.78 is 7.19. The Hall–Kier alpha value is -1.71. The van der Waals surface area contributed by atoms with E-state index < -0.39 is 0 Å². The Kier molecular flexibility index (Phi) is 2.49. The molecule has 0 aliphatic rings. The second-order valence-corrected chi connectivity index (χ2v) is 3.48. The number of hydrogen-bond acceptors (Lipinski definition) is 3. The number of anilines is 1. The van der Waals surface area contributed by atoms with Crippen LogP contribution in [0.1, 0.15) is 13.3 Å². The summed E-state index contributed by atoms with van der Waals surface area (Å²) in [7, 11) is 1.66. The number of rotatable bonds is 3. The molecule has 0 spiro atoms. The number of imidazole rings is 1. The van der Waals surface area contributed by atoms with Crippen LogP contribution in [0.2, 0.25) is 0 Å². The Labute approximate surface area is 88.7 Å². The van der Waals surface area contributed by atoms with Gasteiger partial charge < -0.3 is 15.0 Å². The zero-order chi connectivity index (χ0) is 10.8. The molecule has 0 atom stereocenters. The molecular formula is C11H15N3O. The molecule has 0 bridgehead atoms. The third-order valence-corrected chi connectivity index (χ3v) is 2.43. The van der Waals surface area contributed by atoms with Crippen molar-refractivity contribution in [3.63, 3.8) is 0 Å². The minimum Gasteiger partial charge on any atom is -0.497 e. The fourth-order valence-corrected chi connectivity index (χ4v) is 1.71. The average molecular weight is 205 g/mol. The van der Waals surface area contributed by atoms with Crippen molar-refractivity contribution in [2.75, 3.05) is 12.8 Å². The Morgan fingerprint density at radius 1 is 1.47 bits per heavy atom. The second-order valence-electron chi connectivity index (χ2n) is 3.48. The van der Waals surface area contributed by atoms with Crippen LogP contribution in [0.15, 0.2) is 18.2 Å². The van der Waals surface area contributed by atoms with Gasteiger partial charge in [0.25, 0.3) is 0 Å². The van der Waals surface area contributed by atoms with Gasteiger partial charge in [0.05, 0.1) is 18.1 Å². The van der Waals surface area contributed by atoms with Crippen molar-refractivity contribution in [2.24, 2.45) is 0 Å². The average Bonchev–Trinajstić information content (AvgIpc) is 2.55.